The van der Waals surface area contributed by atoms with Crippen LogP contribution in [0.15, 0.2) is 42.5 Å². The number of nitrogens with one attached hydrogen (secondary N) is 1. The Labute approximate surface area is 169 Å². The minimum Gasteiger partial charge on any atom is -0.495 e. The summed E-state index contributed by atoms with van der Waals surface area (Å²) in [5, 5.41) is 4.83. The molecule has 0 saturated carbocycles. The van der Waals surface area contributed by atoms with Crippen LogP contribution in [0.25, 0.3) is 10.9 Å². The Morgan fingerprint density at radius 1 is 1.21 bits per heavy atom. The largest absolute Gasteiger partial charge is 0.495 e. The van der Waals surface area contributed by atoms with E-state index in [0.29, 0.717) is 36.1 Å². The van der Waals surface area contributed by atoms with Crippen molar-refractivity contribution in [3.05, 3.63) is 59.0 Å². The van der Waals surface area contributed by atoms with Crippen molar-refractivity contribution >= 4 is 34.1 Å². The number of benzene rings is 2. The van der Waals surface area contributed by atoms with Gasteiger partial charge in [0.2, 0.25) is 5.91 Å². The molecule has 1 aromatic heterocycles. The molecule has 0 spiro atoms. The Bertz CT molecular complexity index is 993. The molecular formula is C21H23ClN4O2. The fraction of sp³-hybridized carbons (Fsp3) is 0.286. The molecule has 1 N–H and O–H groups in total. The number of halogens is 1. The SMILES string of the molecule is COc1ccc(Cl)cc1NCCC(=O)N(C)Cc1nc(C)c2ccccc2n1. The second kappa shape index (κ2) is 8.89. The molecule has 1 heterocycles. The number of anilines is 1. The standard InChI is InChI=1S/C21H23ClN4O2/c1-14-16-6-4-5-7-17(16)25-20(24-14)13-26(2)21(27)10-11-23-18-12-15(22)8-9-19(18)28-3/h4-9,12,23H,10-11,13H2,1-3H3. The molecule has 0 aliphatic rings. The third-order valence-electron chi connectivity index (χ3n) is 4.46. The molecule has 0 bridgehead atoms. The van der Waals surface area contributed by atoms with Crippen LogP contribution in [0.3, 0.4) is 0 Å². The molecule has 0 saturated heterocycles. The Morgan fingerprint density at radius 3 is 2.79 bits per heavy atom. The highest BCUT2D eigenvalue weighted by atomic mass is 35.5. The van der Waals surface area contributed by atoms with E-state index < -0.39 is 0 Å². The Morgan fingerprint density at radius 2 is 2.00 bits per heavy atom. The highest BCUT2D eigenvalue weighted by Crippen LogP contribution is 2.27. The Balaban J connectivity index is 1.59. The molecule has 0 unspecified atom stereocenters. The highest BCUT2D eigenvalue weighted by Gasteiger charge is 2.13. The van der Waals surface area contributed by atoms with E-state index in [1.54, 1.807) is 37.3 Å². The number of methoxy groups -OCH3 is 1. The van der Waals surface area contributed by atoms with Crippen LogP contribution >= 0.6 is 11.6 Å². The van der Waals surface area contributed by atoms with Crippen LogP contribution in [0, 0.1) is 6.92 Å². The van der Waals surface area contributed by atoms with E-state index >= 15 is 0 Å². The Kier molecular flexibility index (Phi) is 6.31. The molecule has 0 aliphatic carbocycles. The summed E-state index contributed by atoms with van der Waals surface area (Å²) in [6.45, 7) is 2.79. The molecule has 6 nitrogen and oxygen atoms in total. The zero-order chi connectivity index (χ0) is 20.1. The summed E-state index contributed by atoms with van der Waals surface area (Å²) in [6, 6.07) is 13.2. The molecule has 3 rings (SSSR count). The average Bonchev–Trinajstić information content (AvgIpc) is 2.68. The van der Waals surface area contributed by atoms with Crippen molar-refractivity contribution in [2.24, 2.45) is 0 Å². The maximum absolute atomic E-state index is 12.5. The Hall–Kier alpha value is -2.86. The molecule has 0 fully saturated rings. The van der Waals surface area contributed by atoms with Gasteiger partial charge in [-0.05, 0) is 31.2 Å². The molecule has 7 heteroatoms. The third-order valence-corrected chi connectivity index (χ3v) is 4.70. The van der Waals surface area contributed by atoms with Gasteiger partial charge in [-0.1, -0.05) is 29.8 Å². The monoisotopic (exact) mass is 398 g/mol. The van der Waals surface area contributed by atoms with Crippen LogP contribution in [0.5, 0.6) is 5.75 Å². The van der Waals surface area contributed by atoms with Crippen LogP contribution in [0.1, 0.15) is 17.9 Å². The van der Waals surface area contributed by atoms with Crippen molar-refractivity contribution in [2.75, 3.05) is 26.0 Å². The first-order valence-electron chi connectivity index (χ1n) is 9.01. The number of aromatic nitrogens is 2. The van der Waals surface area contributed by atoms with Crippen molar-refractivity contribution in [3.8, 4) is 5.75 Å². The molecule has 1 amide bonds. The quantitative estimate of drug-likeness (QED) is 0.650. The van der Waals surface area contributed by atoms with Gasteiger partial charge in [0.25, 0.3) is 0 Å². The van der Waals surface area contributed by atoms with Crippen LogP contribution in [0.2, 0.25) is 5.02 Å². The lowest BCUT2D eigenvalue weighted by Gasteiger charge is -2.18. The van der Waals surface area contributed by atoms with Crippen molar-refractivity contribution < 1.29 is 9.53 Å². The number of ether oxygens (including phenoxy) is 1. The molecule has 0 radical (unpaired) electrons. The van der Waals surface area contributed by atoms with E-state index in [2.05, 4.69) is 15.3 Å². The molecule has 146 valence electrons. The van der Waals surface area contributed by atoms with Crippen LogP contribution in [0.4, 0.5) is 5.69 Å². The summed E-state index contributed by atoms with van der Waals surface area (Å²) >= 11 is 6.03. The zero-order valence-corrected chi connectivity index (χ0v) is 17.0. The number of rotatable bonds is 7. The topological polar surface area (TPSA) is 67.3 Å². The van der Waals surface area contributed by atoms with Gasteiger partial charge < -0.3 is 15.0 Å². The first kappa shape index (κ1) is 19.9. The maximum Gasteiger partial charge on any atom is 0.224 e. The van der Waals surface area contributed by atoms with Crippen molar-refractivity contribution in [1.29, 1.82) is 0 Å². The normalized spacial score (nSPS) is 10.7. The van der Waals surface area contributed by atoms with Gasteiger partial charge in [-0.25, -0.2) is 9.97 Å². The molecule has 0 aliphatic heterocycles. The van der Waals surface area contributed by atoms with Gasteiger partial charge in [-0.15, -0.1) is 0 Å². The van der Waals surface area contributed by atoms with Gasteiger partial charge in [0.05, 0.1) is 24.9 Å². The number of aryl methyl sites for hydroxylation is 1. The molecular weight excluding hydrogens is 376 g/mol. The molecule has 0 atom stereocenters. The number of nitrogens with zero attached hydrogens (tertiary/aromatic N) is 3. The summed E-state index contributed by atoms with van der Waals surface area (Å²) in [5.74, 6) is 1.32. The highest BCUT2D eigenvalue weighted by molar-refractivity contribution is 6.30. The fourth-order valence-electron chi connectivity index (χ4n) is 2.98. The minimum absolute atomic E-state index is 0.00269. The van der Waals surface area contributed by atoms with E-state index in [-0.39, 0.29) is 5.91 Å². The number of hydrogen-bond acceptors (Lipinski definition) is 5. The number of carbonyl (C=O) groups excluding carboxylic acids is 1. The van der Waals surface area contributed by atoms with E-state index in [0.717, 1.165) is 22.3 Å². The van der Waals surface area contributed by atoms with Crippen LogP contribution in [-0.2, 0) is 11.3 Å². The number of fused-ring (bicyclic) bond motifs is 1. The van der Waals surface area contributed by atoms with Gasteiger partial charge >= 0.3 is 0 Å². The molecule has 2 aromatic carbocycles. The van der Waals surface area contributed by atoms with E-state index in [1.807, 2.05) is 31.2 Å². The van der Waals surface area contributed by atoms with Crippen molar-refractivity contribution in [3.63, 3.8) is 0 Å². The predicted molar refractivity (Wildman–Crippen MR) is 112 cm³/mol. The van der Waals surface area contributed by atoms with E-state index in [1.165, 1.54) is 0 Å². The summed E-state index contributed by atoms with van der Waals surface area (Å²) in [6.07, 6.45) is 0.332. The number of hydrogen-bond donors (Lipinski definition) is 1. The lowest BCUT2D eigenvalue weighted by atomic mass is 10.2. The fourth-order valence-corrected chi connectivity index (χ4v) is 3.15. The van der Waals surface area contributed by atoms with Crippen molar-refractivity contribution in [1.82, 2.24) is 14.9 Å². The summed E-state index contributed by atoms with van der Waals surface area (Å²) in [5.41, 5.74) is 2.57. The minimum atomic E-state index is 0.00269. The van der Waals surface area contributed by atoms with Crippen LogP contribution in [-0.4, -0.2) is 41.5 Å². The van der Waals surface area contributed by atoms with Gasteiger partial charge in [0.1, 0.15) is 11.6 Å². The van der Waals surface area contributed by atoms with Gasteiger partial charge in [-0.3, -0.25) is 4.79 Å². The predicted octanol–water partition coefficient (Wildman–Crippen LogP) is 4.06. The lowest BCUT2D eigenvalue weighted by molar-refractivity contribution is -0.130. The first-order chi connectivity index (χ1) is 13.5. The summed E-state index contributed by atoms with van der Waals surface area (Å²) in [7, 11) is 3.36. The third kappa shape index (κ3) is 4.70. The summed E-state index contributed by atoms with van der Waals surface area (Å²) in [4.78, 5) is 23.2. The second-order valence-electron chi connectivity index (χ2n) is 6.51. The zero-order valence-electron chi connectivity index (χ0n) is 16.2. The smallest absolute Gasteiger partial charge is 0.224 e. The molecule has 28 heavy (non-hydrogen) atoms. The van der Waals surface area contributed by atoms with Crippen molar-refractivity contribution in [2.45, 2.75) is 19.9 Å². The van der Waals surface area contributed by atoms with Crippen LogP contribution < -0.4 is 10.1 Å². The summed E-state index contributed by atoms with van der Waals surface area (Å²) < 4.78 is 5.30. The van der Waals surface area contributed by atoms with E-state index in [9.17, 15) is 4.79 Å². The average molecular weight is 399 g/mol. The number of amides is 1. The van der Waals surface area contributed by atoms with Gasteiger partial charge in [0, 0.05) is 36.1 Å². The number of para-hydroxylation sites is 1. The van der Waals surface area contributed by atoms with Gasteiger partial charge in [-0.2, -0.15) is 0 Å². The lowest BCUT2D eigenvalue weighted by Crippen LogP contribution is -2.28. The first-order valence-corrected chi connectivity index (χ1v) is 9.39. The van der Waals surface area contributed by atoms with E-state index in [4.69, 9.17) is 16.3 Å². The second-order valence-corrected chi connectivity index (χ2v) is 6.95. The molecule has 3 aromatic rings. The van der Waals surface area contributed by atoms with Gasteiger partial charge in [0.15, 0.2) is 0 Å². The number of carbonyl (C=O) groups is 1. The maximum atomic E-state index is 12.5.